The highest BCUT2D eigenvalue weighted by Crippen LogP contribution is 1.91. The molecule has 13 heteroatoms. The quantitative estimate of drug-likeness (QED) is 0.232. The first-order valence-electron chi connectivity index (χ1n) is 8.44. The van der Waals surface area contributed by atoms with Crippen LogP contribution in [0, 0.1) is 0 Å². The molecular formula is C15H28N4O9. The van der Waals surface area contributed by atoms with Crippen LogP contribution in [-0.4, -0.2) is 110 Å². The Bertz CT molecular complexity index is 510. The average Bonchev–Trinajstić information content (AvgIpc) is 2.70. The Balaban J connectivity index is 0.000000391. The van der Waals surface area contributed by atoms with E-state index in [4.69, 9.17) is 41.0 Å². The first-order chi connectivity index (χ1) is 13.3. The minimum Gasteiger partial charge on any atom is -0.480 e. The van der Waals surface area contributed by atoms with Crippen molar-refractivity contribution in [2.45, 2.75) is 12.1 Å². The monoisotopic (exact) mass is 408 g/mol. The van der Waals surface area contributed by atoms with Gasteiger partial charge in [-0.1, -0.05) is 0 Å². The molecule has 8 N–H and O–H groups in total. The van der Waals surface area contributed by atoms with E-state index in [0.29, 0.717) is 39.5 Å². The summed E-state index contributed by atoms with van der Waals surface area (Å²) in [6, 6.07) is -1.44. The number of hydrogen-bond acceptors (Lipinski definition) is 10. The largest absolute Gasteiger partial charge is 0.480 e. The molecule has 0 aromatic carbocycles. The van der Waals surface area contributed by atoms with E-state index in [1.54, 1.807) is 0 Å². The molecule has 0 aromatic heterocycles. The second kappa shape index (κ2) is 15.9. The summed E-state index contributed by atoms with van der Waals surface area (Å²) in [4.78, 5) is 34.1. The number of hydrogen-bond donors (Lipinski definition) is 6. The Morgan fingerprint density at radius 3 is 2.32 bits per heavy atom. The number of morpholine rings is 1. The first-order valence-corrected chi connectivity index (χ1v) is 8.44. The summed E-state index contributed by atoms with van der Waals surface area (Å²) in [6.07, 6.45) is 0. The number of nitrogens with one attached hydrogen (secondary N) is 1. The Morgan fingerprint density at radius 1 is 1.25 bits per heavy atom. The number of carboxylic acids is 3. The van der Waals surface area contributed by atoms with Gasteiger partial charge in [-0.3, -0.25) is 14.6 Å². The van der Waals surface area contributed by atoms with Gasteiger partial charge in [0.05, 0.1) is 46.2 Å². The minimum absolute atomic E-state index is 0.0204. The van der Waals surface area contributed by atoms with Gasteiger partial charge in [-0.2, -0.15) is 0 Å². The van der Waals surface area contributed by atoms with Crippen LogP contribution in [-0.2, 0) is 28.6 Å². The highest BCUT2D eigenvalue weighted by molar-refractivity contribution is 6.36. The highest BCUT2D eigenvalue weighted by Gasteiger charge is 2.19. The Hall–Kier alpha value is -2.16. The zero-order valence-electron chi connectivity index (χ0n) is 15.4. The van der Waals surface area contributed by atoms with E-state index in [9.17, 15) is 14.4 Å². The molecular weight excluding hydrogens is 380 g/mol. The fraction of sp³-hybridized carbons (Fsp3) is 0.733. The first kappa shape index (κ1) is 25.8. The SMILES string of the molecule is NCCOC[C@H](N)C(=O)O.O=C(O)C1=NCCOC1.O=C(O)C1COCCN1. The molecule has 28 heavy (non-hydrogen) atoms. The summed E-state index contributed by atoms with van der Waals surface area (Å²) in [7, 11) is 0. The lowest BCUT2D eigenvalue weighted by Gasteiger charge is -2.19. The van der Waals surface area contributed by atoms with Crippen molar-refractivity contribution < 1.29 is 43.9 Å². The third-order valence-electron chi connectivity index (χ3n) is 3.12. The molecule has 2 rings (SSSR count). The molecule has 2 atom stereocenters. The van der Waals surface area contributed by atoms with Gasteiger partial charge in [0.1, 0.15) is 17.8 Å². The third-order valence-corrected chi connectivity index (χ3v) is 3.12. The number of carboxylic acid groups (broad SMARTS) is 3. The topological polar surface area (TPSA) is 216 Å². The van der Waals surface area contributed by atoms with Gasteiger partial charge in [0, 0.05) is 13.1 Å². The van der Waals surface area contributed by atoms with Crippen LogP contribution in [0.1, 0.15) is 0 Å². The number of ether oxygens (including phenoxy) is 3. The van der Waals surface area contributed by atoms with Crippen LogP contribution in [0.2, 0.25) is 0 Å². The molecule has 2 aliphatic rings. The standard InChI is InChI=1S/C5H12N2O3.C5H9NO3.C5H7NO3/c6-1-2-10-3-4(7)5(8)9;2*7-5(8)4-3-9-2-1-6-4/h4H,1-3,6-7H2,(H,8,9);4,6H,1-3H2,(H,7,8);1-3H2,(H,7,8)/t4-;;/m0../s1. The minimum atomic E-state index is -1.06. The van der Waals surface area contributed by atoms with Gasteiger partial charge < -0.3 is 46.3 Å². The van der Waals surface area contributed by atoms with Gasteiger partial charge in [-0.05, 0) is 0 Å². The van der Waals surface area contributed by atoms with Crippen LogP contribution in [0.5, 0.6) is 0 Å². The van der Waals surface area contributed by atoms with Crippen molar-refractivity contribution in [2.24, 2.45) is 16.5 Å². The lowest BCUT2D eigenvalue weighted by Crippen LogP contribution is -2.46. The third kappa shape index (κ3) is 13.1. The molecule has 0 amide bonds. The van der Waals surface area contributed by atoms with Crippen molar-refractivity contribution in [1.82, 2.24) is 5.32 Å². The summed E-state index contributed by atoms with van der Waals surface area (Å²) in [5.74, 6) is -2.87. The van der Waals surface area contributed by atoms with E-state index in [0.717, 1.165) is 0 Å². The van der Waals surface area contributed by atoms with Crippen LogP contribution in [0.15, 0.2) is 4.99 Å². The molecule has 0 bridgehead atoms. The van der Waals surface area contributed by atoms with Crippen molar-refractivity contribution in [2.75, 3.05) is 59.3 Å². The smallest absolute Gasteiger partial charge is 0.352 e. The van der Waals surface area contributed by atoms with Crippen molar-refractivity contribution in [3.63, 3.8) is 0 Å². The molecule has 162 valence electrons. The van der Waals surface area contributed by atoms with E-state index >= 15 is 0 Å². The molecule has 1 saturated heterocycles. The van der Waals surface area contributed by atoms with E-state index in [1.165, 1.54) is 0 Å². The van der Waals surface area contributed by atoms with Gasteiger partial charge in [0.2, 0.25) is 0 Å². The summed E-state index contributed by atoms with van der Waals surface area (Å²) < 4.78 is 14.5. The van der Waals surface area contributed by atoms with Crippen molar-refractivity contribution in [3.8, 4) is 0 Å². The second-order valence-electron chi connectivity index (χ2n) is 5.41. The predicted molar refractivity (Wildman–Crippen MR) is 96.5 cm³/mol. The molecule has 2 heterocycles. The Kier molecular flexibility index (Phi) is 14.6. The zero-order valence-corrected chi connectivity index (χ0v) is 15.4. The second-order valence-corrected chi connectivity index (χ2v) is 5.41. The molecule has 0 aliphatic carbocycles. The van der Waals surface area contributed by atoms with E-state index < -0.39 is 30.0 Å². The number of aliphatic carboxylic acids is 3. The molecule has 0 aromatic rings. The predicted octanol–water partition coefficient (Wildman–Crippen LogP) is -3.02. The highest BCUT2D eigenvalue weighted by atomic mass is 16.5. The number of nitrogens with two attached hydrogens (primary N) is 2. The normalized spacial score (nSPS) is 19.6. The van der Waals surface area contributed by atoms with Crippen LogP contribution in [0.4, 0.5) is 0 Å². The maximum Gasteiger partial charge on any atom is 0.352 e. The van der Waals surface area contributed by atoms with Crippen molar-refractivity contribution in [3.05, 3.63) is 0 Å². The van der Waals surface area contributed by atoms with Crippen LogP contribution >= 0.6 is 0 Å². The van der Waals surface area contributed by atoms with E-state index in [-0.39, 0.29) is 25.5 Å². The lowest BCUT2D eigenvalue weighted by atomic mass is 10.3. The fourth-order valence-electron chi connectivity index (χ4n) is 1.68. The van der Waals surface area contributed by atoms with E-state index in [1.807, 2.05) is 0 Å². The van der Waals surface area contributed by atoms with Crippen LogP contribution in [0.3, 0.4) is 0 Å². The van der Waals surface area contributed by atoms with Gasteiger partial charge in [0.15, 0.2) is 0 Å². The average molecular weight is 408 g/mol. The number of carbonyl (C=O) groups is 3. The maximum absolute atomic E-state index is 10.2. The van der Waals surface area contributed by atoms with Crippen molar-refractivity contribution in [1.29, 1.82) is 0 Å². The van der Waals surface area contributed by atoms with Crippen molar-refractivity contribution >= 4 is 23.6 Å². The zero-order chi connectivity index (χ0) is 21.4. The van der Waals surface area contributed by atoms with Gasteiger partial charge in [-0.15, -0.1) is 0 Å². The molecule has 0 saturated carbocycles. The Labute approximate surface area is 161 Å². The van der Waals surface area contributed by atoms with E-state index in [2.05, 4.69) is 10.3 Å². The van der Waals surface area contributed by atoms with Gasteiger partial charge in [0.25, 0.3) is 0 Å². The molecule has 13 nitrogen and oxygen atoms in total. The summed E-state index contributed by atoms with van der Waals surface area (Å²) >= 11 is 0. The molecule has 0 spiro atoms. The van der Waals surface area contributed by atoms with Crippen LogP contribution in [0.25, 0.3) is 0 Å². The summed E-state index contributed by atoms with van der Waals surface area (Å²) in [5, 5.41) is 27.8. The number of nitrogens with zero attached hydrogens (tertiary/aromatic N) is 1. The molecule has 2 aliphatic heterocycles. The lowest BCUT2D eigenvalue weighted by molar-refractivity contribution is -0.142. The summed E-state index contributed by atoms with van der Waals surface area (Å²) in [6.45, 7) is 3.45. The van der Waals surface area contributed by atoms with Crippen LogP contribution < -0.4 is 16.8 Å². The fourth-order valence-corrected chi connectivity index (χ4v) is 1.68. The maximum atomic E-state index is 10.2. The van der Waals surface area contributed by atoms with Gasteiger partial charge >= 0.3 is 17.9 Å². The number of rotatable bonds is 7. The Morgan fingerprint density at radius 2 is 1.96 bits per heavy atom. The summed E-state index contributed by atoms with van der Waals surface area (Å²) in [5.41, 5.74) is 10.3. The van der Waals surface area contributed by atoms with Gasteiger partial charge in [-0.25, -0.2) is 4.79 Å². The molecule has 1 unspecified atom stereocenters. The number of aliphatic imine (C=N–C) groups is 1. The molecule has 0 radical (unpaired) electrons. The molecule has 1 fully saturated rings.